The van der Waals surface area contributed by atoms with Gasteiger partial charge in [0, 0.05) is 11.1 Å². The third kappa shape index (κ3) is 1.25. The van der Waals surface area contributed by atoms with Gasteiger partial charge in [-0.2, -0.15) is 0 Å². The molecule has 0 spiro atoms. The number of hydrogen-bond acceptors (Lipinski definition) is 2. The first-order chi connectivity index (χ1) is 7.75. The molecule has 16 heavy (non-hydrogen) atoms. The molecule has 0 bridgehead atoms. The Morgan fingerprint density at radius 2 is 1.69 bits per heavy atom. The topological polar surface area (TPSA) is 37.3 Å². The summed E-state index contributed by atoms with van der Waals surface area (Å²) in [7, 11) is 1.96. The van der Waals surface area contributed by atoms with Crippen molar-refractivity contribution >= 4 is 24.0 Å². The van der Waals surface area contributed by atoms with Crippen LogP contribution in [0.15, 0.2) is 42.5 Å². The molecule has 0 fully saturated rings. The molecule has 1 N–H and O–H groups in total. The summed E-state index contributed by atoms with van der Waals surface area (Å²) in [5, 5.41) is 9.39. The van der Waals surface area contributed by atoms with Crippen LogP contribution < -0.4 is 10.9 Å². The van der Waals surface area contributed by atoms with Gasteiger partial charge in [0.05, 0.1) is 0 Å². The van der Waals surface area contributed by atoms with E-state index in [0.29, 0.717) is 11.1 Å². The number of hydrogen-bond donors (Lipinski definition) is 1. The minimum absolute atomic E-state index is 0.0241. The molecule has 0 amide bonds. The summed E-state index contributed by atoms with van der Waals surface area (Å²) in [4.78, 5) is 12.1. The highest BCUT2D eigenvalue weighted by Gasteiger charge is 2.23. The van der Waals surface area contributed by atoms with Gasteiger partial charge < -0.3 is 5.11 Å². The van der Waals surface area contributed by atoms with Gasteiger partial charge in [0.15, 0.2) is 13.1 Å². The number of carbonyl (C=O) groups excluding carboxylic acids is 1. The number of aromatic hydroxyl groups is 1. The number of ketones is 1. The molecule has 1 radical (unpaired) electrons. The van der Waals surface area contributed by atoms with Crippen molar-refractivity contribution in [3.05, 3.63) is 53.6 Å². The maximum absolute atomic E-state index is 12.1. The monoisotopic (exact) mass is 207 g/mol. The molecule has 0 atom stereocenters. The summed E-state index contributed by atoms with van der Waals surface area (Å²) in [6, 6.07) is 12.4. The van der Waals surface area contributed by atoms with Crippen molar-refractivity contribution in [1.82, 2.24) is 0 Å². The lowest BCUT2D eigenvalue weighted by Crippen LogP contribution is -2.40. The fourth-order valence-corrected chi connectivity index (χ4v) is 2.01. The van der Waals surface area contributed by atoms with Crippen LogP contribution in [0, 0.1) is 0 Å². The standard InChI is InChI=1S/C13H8BO2/c15-8-5-6-12-10(7-8)13(16)9-3-1-2-4-11(9)14-12/h1-7,15H. The van der Waals surface area contributed by atoms with E-state index in [1.807, 2.05) is 25.5 Å². The number of phenols is 1. The van der Waals surface area contributed by atoms with Gasteiger partial charge in [0.25, 0.3) is 0 Å². The SMILES string of the molecule is O=C1c2ccccc2[B]c2ccc(O)cc21. The van der Waals surface area contributed by atoms with Crippen LogP contribution in [0.1, 0.15) is 15.9 Å². The second-order valence-electron chi connectivity index (χ2n) is 3.83. The van der Waals surface area contributed by atoms with E-state index in [0.717, 1.165) is 10.9 Å². The lowest BCUT2D eigenvalue weighted by Gasteiger charge is -2.17. The molecule has 3 rings (SSSR count). The maximum Gasteiger partial charge on any atom is 0.193 e. The lowest BCUT2D eigenvalue weighted by molar-refractivity contribution is 0.104. The predicted molar refractivity (Wildman–Crippen MR) is 63.0 cm³/mol. The van der Waals surface area contributed by atoms with Crippen molar-refractivity contribution < 1.29 is 9.90 Å². The third-order valence-corrected chi connectivity index (χ3v) is 2.80. The van der Waals surface area contributed by atoms with Gasteiger partial charge in [-0.3, -0.25) is 4.79 Å². The number of fused-ring (bicyclic) bond motifs is 2. The Bertz CT molecular complexity index is 590. The van der Waals surface area contributed by atoms with Crippen LogP contribution in [0.25, 0.3) is 0 Å². The van der Waals surface area contributed by atoms with E-state index >= 15 is 0 Å². The molecule has 1 aliphatic heterocycles. The summed E-state index contributed by atoms with van der Waals surface area (Å²) >= 11 is 0. The smallest absolute Gasteiger partial charge is 0.193 e. The Morgan fingerprint density at radius 3 is 2.56 bits per heavy atom. The van der Waals surface area contributed by atoms with Gasteiger partial charge in [0.2, 0.25) is 0 Å². The van der Waals surface area contributed by atoms with Crippen molar-refractivity contribution in [2.45, 2.75) is 0 Å². The summed E-state index contributed by atoms with van der Waals surface area (Å²) < 4.78 is 0. The predicted octanol–water partition coefficient (Wildman–Crippen LogP) is 0.592. The molecular weight excluding hydrogens is 199 g/mol. The van der Waals surface area contributed by atoms with Crippen LogP contribution in [0.3, 0.4) is 0 Å². The first-order valence-electron chi connectivity index (χ1n) is 5.07. The van der Waals surface area contributed by atoms with Crippen LogP contribution in [-0.4, -0.2) is 18.2 Å². The largest absolute Gasteiger partial charge is 0.508 e. The fourth-order valence-electron chi connectivity index (χ4n) is 2.01. The van der Waals surface area contributed by atoms with E-state index in [2.05, 4.69) is 0 Å². The zero-order chi connectivity index (χ0) is 11.1. The maximum atomic E-state index is 12.1. The molecule has 2 aromatic carbocycles. The third-order valence-electron chi connectivity index (χ3n) is 2.80. The minimum Gasteiger partial charge on any atom is -0.508 e. The molecule has 1 heterocycles. The van der Waals surface area contributed by atoms with Gasteiger partial charge in [-0.05, 0) is 12.1 Å². The van der Waals surface area contributed by atoms with Crippen LogP contribution in [-0.2, 0) is 0 Å². The quantitative estimate of drug-likeness (QED) is 0.548. The summed E-state index contributed by atoms with van der Waals surface area (Å²) in [5.74, 6) is 0.101. The van der Waals surface area contributed by atoms with Crippen molar-refractivity contribution in [1.29, 1.82) is 0 Å². The van der Waals surface area contributed by atoms with E-state index < -0.39 is 0 Å². The highest BCUT2D eigenvalue weighted by atomic mass is 16.3. The average molecular weight is 207 g/mol. The average Bonchev–Trinajstić information content (AvgIpc) is 2.31. The van der Waals surface area contributed by atoms with Crippen LogP contribution in [0.4, 0.5) is 0 Å². The van der Waals surface area contributed by atoms with Crippen LogP contribution in [0.2, 0.25) is 0 Å². The van der Waals surface area contributed by atoms with Crippen molar-refractivity contribution in [3.63, 3.8) is 0 Å². The second kappa shape index (κ2) is 3.24. The van der Waals surface area contributed by atoms with Gasteiger partial charge in [0.1, 0.15) is 5.75 Å². The molecule has 0 saturated carbocycles. The fraction of sp³-hybridized carbons (Fsp3) is 0. The zero-order valence-corrected chi connectivity index (χ0v) is 8.47. The molecule has 3 heteroatoms. The minimum atomic E-state index is -0.0241. The Hall–Kier alpha value is -2.03. The molecule has 2 nitrogen and oxygen atoms in total. The van der Waals surface area contributed by atoms with E-state index in [1.54, 1.807) is 18.2 Å². The van der Waals surface area contributed by atoms with Gasteiger partial charge in [-0.1, -0.05) is 41.3 Å². The number of phenolic OH excluding ortho intramolecular Hbond substituents is 1. The normalized spacial score (nSPS) is 12.6. The summed E-state index contributed by atoms with van der Waals surface area (Å²) in [6.07, 6.45) is 0. The molecule has 0 saturated heterocycles. The Morgan fingerprint density at radius 1 is 0.938 bits per heavy atom. The number of carbonyl (C=O) groups is 1. The molecule has 0 aliphatic carbocycles. The summed E-state index contributed by atoms with van der Waals surface area (Å²) in [6.45, 7) is 0. The van der Waals surface area contributed by atoms with Crippen molar-refractivity contribution in [2.24, 2.45) is 0 Å². The van der Waals surface area contributed by atoms with Gasteiger partial charge >= 0.3 is 0 Å². The van der Waals surface area contributed by atoms with Crippen molar-refractivity contribution in [2.75, 3.05) is 0 Å². The molecule has 0 aromatic heterocycles. The summed E-state index contributed by atoms with van der Waals surface area (Å²) in [5.41, 5.74) is 3.06. The highest BCUT2D eigenvalue weighted by molar-refractivity contribution is 6.72. The Labute approximate surface area is 93.8 Å². The molecule has 2 aromatic rings. The van der Waals surface area contributed by atoms with Crippen molar-refractivity contribution in [3.8, 4) is 5.75 Å². The number of rotatable bonds is 0. The van der Waals surface area contributed by atoms with Gasteiger partial charge in [-0.25, -0.2) is 0 Å². The molecule has 1 aliphatic rings. The molecular formula is C13H8BO2. The first kappa shape index (κ1) is 9.22. The number of benzene rings is 2. The highest BCUT2D eigenvalue weighted by Crippen LogP contribution is 2.15. The van der Waals surface area contributed by atoms with E-state index in [-0.39, 0.29) is 11.5 Å². The Kier molecular flexibility index (Phi) is 1.87. The van der Waals surface area contributed by atoms with Crippen LogP contribution >= 0.6 is 0 Å². The van der Waals surface area contributed by atoms with E-state index in [4.69, 9.17) is 0 Å². The second-order valence-corrected chi connectivity index (χ2v) is 3.83. The molecule has 0 unspecified atom stereocenters. The Balaban J connectivity index is 2.23. The van der Waals surface area contributed by atoms with E-state index in [1.165, 1.54) is 6.07 Å². The van der Waals surface area contributed by atoms with Gasteiger partial charge in [-0.15, -0.1) is 0 Å². The van der Waals surface area contributed by atoms with E-state index in [9.17, 15) is 9.90 Å². The first-order valence-corrected chi connectivity index (χ1v) is 5.07. The molecule has 75 valence electrons. The van der Waals surface area contributed by atoms with Crippen LogP contribution in [0.5, 0.6) is 5.75 Å². The lowest BCUT2D eigenvalue weighted by atomic mass is 9.56. The zero-order valence-electron chi connectivity index (χ0n) is 8.47.